The number of carbonyl (C=O) groups excluding carboxylic acids is 2. The van der Waals surface area contributed by atoms with Gasteiger partial charge in [0.2, 0.25) is 0 Å². The molecule has 7 nitrogen and oxygen atoms in total. The van der Waals surface area contributed by atoms with Crippen molar-refractivity contribution in [2.75, 3.05) is 5.32 Å². The van der Waals surface area contributed by atoms with Crippen LogP contribution < -0.4 is 5.32 Å². The standard InChI is InChI=1S/C17H14N2O5/c1-10-2-7-14-13(8-10)17(22,16(21)18-14)9-15(20)11-3-5-12(6-4-11)19(23)24/h2-8,22H,9H2,1H3,(H,18,21)/t17-/m0/s1. The number of hydrogen-bond donors (Lipinski definition) is 2. The fraction of sp³-hybridized carbons (Fsp3) is 0.176. The van der Waals surface area contributed by atoms with Gasteiger partial charge in [0, 0.05) is 28.9 Å². The van der Waals surface area contributed by atoms with Gasteiger partial charge < -0.3 is 10.4 Å². The minimum Gasteiger partial charge on any atom is -0.375 e. The van der Waals surface area contributed by atoms with Crippen molar-refractivity contribution in [3.63, 3.8) is 0 Å². The number of aliphatic hydroxyl groups is 1. The third-order valence-electron chi connectivity index (χ3n) is 4.06. The summed E-state index contributed by atoms with van der Waals surface area (Å²) < 4.78 is 0. The first kappa shape index (κ1) is 15.8. The summed E-state index contributed by atoms with van der Waals surface area (Å²) in [5, 5.41) is 24.0. The molecule has 0 aliphatic carbocycles. The van der Waals surface area contributed by atoms with Crippen LogP contribution in [0, 0.1) is 17.0 Å². The van der Waals surface area contributed by atoms with Gasteiger partial charge >= 0.3 is 0 Å². The van der Waals surface area contributed by atoms with E-state index in [4.69, 9.17) is 0 Å². The fourth-order valence-corrected chi connectivity index (χ4v) is 2.74. The van der Waals surface area contributed by atoms with Gasteiger partial charge in [0.25, 0.3) is 11.6 Å². The zero-order valence-corrected chi connectivity index (χ0v) is 12.8. The Morgan fingerprint density at radius 2 is 1.92 bits per heavy atom. The van der Waals surface area contributed by atoms with Gasteiger partial charge in [0.1, 0.15) is 0 Å². The quantitative estimate of drug-likeness (QED) is 0.509. The Kier molecular flexibility index (Phi) is 3.65. The summed E-state index contributed by atoms with van der Waals surface area (Å²) in [6, 6.07) is 10.2. The summed E-state index contributed by atoms with van der Waals surface area (Å²) in [6.45, 7) is 1.82. The molecule has 0 saturated carbocycles. The van der Waals surface area contributed by atoms with Crippen molar-refractivity contribution in [2.24, 2.45) is 0 Å². The molecule has 1 aliphatic heterocycles. The summed E-state index contributed by atoms with van der Waals surface area (Å²) in [6.07, 6.45) is -0.437. The highest BCUT2D eigenvalue weighted by molar-refractivity contribution is 6.09. The molecule has 0 radical (unpaired) electrons. The molecule has 0 aromatic heterocycles. The molecule has 122 valence electrons. The van der Waals surface area contributed by atoms with Crippen LogP contribution in [0.15, 0.2) is 42.5 Å². The number of anilines is 1. The second kappa shape index (κ2) is 5.54. The number of amides is 1. The van der Waals surface area contributed by atoms with Crippen molar-refractivity contribution >= 4 is 23.1 Å². The highest BCUT2D eigenvalue weighted by Crippen LogP contribution is 2.39. The van der Waals surface area contributed by atoms with Gasteiger partial charge in [-0.3, -0.25) is 19.7 Å². The first-order chi connectivity index (χ1) is 11.3. The van der Waals surface area contributed by atoms with E-state index in [1.54, 1.807) is 18.2 Å². The summed E-state index contributed by atoms with van der Waals surface area (Å²) in [5.41, 5.74) is -0.188. The molecular formula is C17H14N2O5. The molecule has 0 spiro atoms. The van der Waals surface area contributed by atoms with Crippen molar-refractivity contribution in [1.82, 2.24) is 0 Å². The first-order valence-electron chi connectivity index (χ1n) is 7.24. The Bertz CT molecular complexity index is 860. The monoisotopic (exact) mass is 326 g/mol. The molecule has 7 heteroatoms. The first-order valence-corrected chi connectivity index (χ1v) is 7.24. The van der Waals surface area contributed by atoms with Crippen LogP contribution in [0.2, 0.25) is 0 Å². The van der Waals surface area contributed by atoms with E-state index in [1.165, 1.54) is 24.3 Å². The lowest BCUT2D eigenvalue weighted by Gasteiger charge is -2.20. The second-order valence-corrected chi connectivity index (χ2v) is 5.77. The maximum atomic E-state index is 12.4. The Hall–Kier alpha value is -3.06. The van der Waals surface area contributed by atoms with E-state index in [0.29, 0.717) is 11.3 Å². The van der Waals surface area contributed by atoms with Crippen molar-refractivity contribution in [1.29, 1.82) is 0 Å². The number of benzene rings is 2. The van der Waals surface area contributed by atoms with Gasteiger partial charge in [0.15, 0.2) is 11.4 Å². The minimum absolute atomic E-state index is 0.134. The Morgan fingerprint density at radius 1 is 1.25 bits per heavy atom. The van der Waals surface area contributed by atoms with E-state index >= 15 is 0 Å². The molecule has 2 aromatic carbocycles. The second-order valence-electron chi connectivity index (χ2n) is 5.77. The maximum Gasteiger partial charge on any atom is 0.269 e. The van der Waals surface area contributed by atoms with E-state index in [-0.39, 0.29) is 11.3 Å². The Morgan fingerprint density at radius 3 is 2.54 bits per heavy atom. The van der Waals surface area contributed by atoms with Crippen LogP contribution in [0.1, 0.15) is 27.9 Å². The molecule has 2 aromatic rings. The highest BCUT2D eigenvalue weighted by Gasteiger charge is 2.46. The van der Waals surface area contributed by atoms with Crippen LogP contribution in [-0.2, 0) is 10.4 Å². The van der Waals surface area contributed by atoms with Gasteiger partial charge in [-0.25, -0.2) is 0 Å². The topological polar surface area (TPSA) is 110 Å². The Balaban J connectivity index is 1.90. The van der Waals surface area contributed by atoms with Crippen LogP contribution in [0.25, 0.3) is 0 Å². The number of nitrogens with one attached hydrogen (secondary N) is 1. The van der Waals surface area contributed by atoms with Crippen molar-refractivity contribution in [3.05, 3.63) is 69.3 Å². The zero-order chi connectivity index (χ0) is 17.5. The highest BCUT2D eigenvalue weighted by atomic mass is 16.6. The van der Waals surface area contributed by atoms with Crippen molar-refractivity contribution in [2.45, 2.75) is 18.9 Å². The van der Waals surface area contributed by atoms with E-state index in [0.717, 1.165) is 5.56 Å². The summed E-state index contributed by atoms with van der Waals surface area (Å²) in [7, 11) is 0. The number of fused-ring (bicyclic) bond motifs is 1. The van der Waals surface area contributed by atoms with E-state index < -0.39 is 28.6 Å². The average Bonchev–Trinajstić information content (AvgIpc) is 2.78. The van der Waals surface area contributed by atoms with Gasteiger partial charge in [-0.2, -0.15) is 0 Å². The maximum absolute atomic E-state index is 12.4. The molecule has 2 N–H and O–H groups in total. The molecule has 1 atom stereocenters. The minimum atomic E-state index is -1.94. The molecule has 0 bridgehead atoms. The van der Waals surface area contributed by atoms with Crippen LogP contribution in [0.3, 0.4) is 0 Å². The SMILES string of the molecule is Cc1ccc2c(c1)[C@@](O)(CC(=O)c1ccc([N+](=O)[O-])cc1)C(=O)N2. The number of nitro groups is 1. The number of nitrogens with zero attached hydrogens (tertiary/aromatic N) is 1. The Labute approximate surface area is 137 Å². The van der Waals surface area contributed by atoms with Gasteiger partial charge in [-0.15, -0.1) is 0 Å². The largest absolute Gasteiger partial charge is 0.375 e. The van der Waals surface area contributed by atoms with Crippen LogP contribution in [0.4, 0.5) is 11.4 Å². The number of Topliss-reactive ketones (excluding diaryl/α,β-unsaturated/α-hetero) is 1. The number of non-ortho nitro benzene ring substituents is 1. The number of carbonyl (C=O) groups is 2. The predicted octanol–water partition coefficient (Wildman–Crippen LogP) is 2.32. The fourth-order valence-electron chi connectivity index (χ4n) is 2.74. The lowest BCUT2D eigenvalue weighted by atomic mass is 9.87. The van der Waals surface area contributed by atoms with Gasteiger partial charge in [-0.1, -0.05) is 17.7 Å². The average molecular weight is 326 g/mol. The smallest absolute Gasteiger partial charge is 0.269 e. The van der Waals surface area contributed by atoms with Crippen molar-refractivity contribution in [3.8, 4) is 0 Å². The molecule has 24 heavy (non-hydrogen) atoms. The number of ketones is 1. The number of rotatable bonds is 4. The van der Waals surface area contributed by atoms with E-state index in [1.807, 2.05) is 6.92 Å². The van der Waals surface area contributed by atoms with E-state index in [2.05, 4.69) is 5.32 Å². The predicted molar refractivity (Wildman–Crippen MR) is 85.7 cm³/mol. The third-order valence-corrected chi connectivity index (χ3v) is 4.06. The molecule has 0 fully saturated rings. The molecule has 1 heterocycles. The van der Waals surface area contributed by atoms with Crippen LogP contribution in [-0.4, -0.2) is 21.7 Å². The lowest BCUT2D eigenvalue weighted by molar-refractivity contribution is -0.384. The number of nitro benzene ring substituents is 1. The molecule has 1 amide bonds. The molecule has 0 saturated heterocycles. The van der Waals surface area contributed by atoms with Gasteiger partial charge in [-0.05, 0) is 25.1 Å². The molecule has 0 unspecified atom stereocenters. The lowest BCUT2D eigenvalue weighted by Crippen LogP contribution is -2.36. The van der Waals surface area contributed by atoms with Crippen LogP contribution >= 0.6 is 0 Å². The third kappa shape index (κ3) is 2.55. The van der Waals surface area contributed by atoms with Gasteiger partial charge in [0.05, 0.1) is 11.3 Å². The van der Waals surface area contributed by atoms with E-state index in [9.17, 15) is 24.8 Å². The normalized spacial score (nSPS) is 18.8. The number of hydrogen-bond acceptors (Lipinski definition) is 5. The van der Waals surface area contributed by atoms with Crippen LogP contribution in [0.5, 0.6) is 0 Å². The number of aryl methyl sites for hydroxylation is 1. The summed E-state index contributed by atoms with van der Waals surface area (Å²) >= 11 is 0. The molecule has 1 aliphatic rings. The zero-order valence-electron chi connectivity index (χ0n) is 12.8. The molecular weight excluding hydrogens is 312 g/mol. The molecule has 3 rings (SSSR count). The summed E-state index contributed by atoms with van der Waals surface area (Å²) in [4.78, 5) is 34.7. The van der Waals surface area contributed by atoms with Crippen molar-refractivity contribution < 1.29 is 19.6 Å². The summed E-state index contributed by atoms with van der Waals surface area (Å²) in [5.74, 6) is -1.13.